The van der Waals surface area contributed by atoms with Crippen molar-refractivity contribution in [2.75, 3.05) is 4.72 Å². The molecule has 2 aromatic rings. The van der Waals surface area contributed by atoms with Crippen molar-refractivity contribution >= 4 is 22.0 Å². The average Bonchev–Trinajstić information content (AvgIpc) is 2.49. The number of carbonyl (C=O) groups is 1. The van der Waals surface area contributed by atoms with E-state index in [0.29, 0.717) is 17.6 Å². The van der Waals surface area contributed by atoms with Gasteiger partial charge in [-0.25, -0.2) is 8.42 Å². The van der Waals surface area contributed by atoms with Gasteiger partial charge in [-0.15, -0.1) is 0 Å². The van der Waals surface area contributed by atoms with Crippen LogP contribution in [0.2, 0.25) is 0 Å². The molecule has 0 saturated carbocycles. The van der Waals surface area contributed by atoms with E-state index >= 15 is 0 Å². The Hall–Kier alpha value is -2.34. The molecular weight excluding hydrogens is 302 g/mol. The Kier molecular flexibility index (Phi) is 4.82. The molecule has 0 unspecified atom stereocenters. The van der Waals surface area contributed by atoms with Crippen LogP contribution in [0, 0.1) is 0 Å². The standard InChI is InChI=1S/C16H17NO4S/c1-12(2)21-16-9-8-13(11-18)10-15(16)17-22(19,20)14-6-4-3-5-7-14/h3-12,17H,1-2H3. The molecule has 0 aliphatic heterocycles. The Bertz CT molecular complexity index is 755. The van der Waals surface area contributed by atoms with Crippen LogP contribution in [0.3, 0.4) is 0 Å². The van der Waals surface area contributed by atoms with E-state index in [1.54, 1.807) is 30.3 Å². The van der Waals surface area contributed by atoms with Gasteiger partial charge in [-0.05, 0) is 44.2 Å². The Balaban J connectivity index is 2.40. The number of anilines is 1. The Morgan fingerprint density at radius 1 is 1.09 bits per heavy atom. The molecular formula is C16H17NO4S. The van der Waals surface area contributed by atoms with E-state index in [1.165, 1.54) is 18.2 Å². The molecule has 0 fully saturated rings. The zero-order valence-corrected chi connectivity index (χ0v) is 13.1. The molecule has 0 spiro atoms. The van der Waals surface area contributed by atoms with Crippen molar-refractivity contribution in [1.82, 2.24) is 0 Å². The molecule has 2 rings (SSSR count). The molecule has 0 bridgehead atoms. The largest absolute Gasteiger partial charge is 0.489 e. The maximum Gasteiger partial charge on any atom is 0.262 e. The molecule has 0 aromatic heterocycles. The number of carbonyl (C=O) groups excluding carboxylic acids is 1. The van der Waals surface area contributed by atoms with Crippen LogP contribution in [-0.4, -0.2) is 20.8 Å². The summed E-state index contributed by atoms with van der Waals surface area (Å²) in [6.07, 6.45) is 0.529. The van der Waals surface area contributed by atoms with Gasteiger partial charge in [0.2, 0.25) is 0 Å². The number of hydrogen-bond acceptors (Lipinski definition) is 4. The lowest BCUT2D eigenvalue weighted by Gasteiger charge is -2.16. The molecule has 2 aromatic carbocycles. The quantitative estimate of drug-likeness (QED) is 0.831. The summed E-state index contributed by atoms with van der Waals surface area (Å²) in [6.45, 7) is 3.67. The van der Waals surface area contributed by atoms with Crippen LogP contribution in [0.15, 0.2) is 53.4 Å². The first-order valence-corrected chi connectivity index (χ1v) is 8.24. The van der Waals surface area contributed by atoms with Gasteiger partial charge in [0.15, 0.2) is 0 Å². The highest BCUT2D eigenvalue weighted by molar-refractivity contribution is 7.92. The van der Waals surface area contributed by atoms with Gasteiger partial charge in [0.25, 0.3) is 10.0 Å². The summed E-state index contributed by atoms with van der Waals surface area (Å²) in [5.74, 6) is 0.375. The third-order valence-electron chi connectivity index (χ3n) is 2.80. The number of sulfonamides is 1. The van der Waals surface area contributed by atoms with Crippen LogP contribution in [0.1, 0.15) is 24.2 Å². The topological polar surface area (TPSA) is 72.5 Å². The highest BCUT2D eigenvalue weighted by Gasteiger charge is 2.17. The first-order chi connectivity index (χ1) is 10.4. The maximum absolute atomic E-state index is 12.4. The lowest BCUT2D eigenvalue weighted by atomic mass is 10.2. The zero-order valence-electron chi connectivity index (χ0n) is 12.3. The molecule has 1 N–H and O–H groups in total. The molecule has 0 radical (unpaired) electrons. The van der Waals surface area contributed by atoms with Crippen molar-refractivity contribution in [1.29, 1.82) is 0 Å². The molecule has 5 nitrogen and oxygen atoms in total. The Labute approximate surface area is 130 Å². The number of aldehydes is 1. The first kappa shape index (κ1) is 16.0. The zero-order chi connectivity index (χ0) is 16.2. The second-order valence-electron chi connectivity index (χ2n) is 4.96. The second-order valence-corrected chi connectivity index (χ2v) is 6.64. The highest BCUT2D eigenvalue weighted by atomic mass is 32.2. The van der Waals surface area contributed by atoms with E-state index in [9.17, 15) is 13.2 Å². The monoisotopic (exact) mass is 319 g/mol. The van der Waals surface area contributed by atoms with Crippen LogP contribution in [0.25, 0.3) is 0 Å². The molecule has 0 saturated heterocycles. The minimum absolute atomic E-state index is 0.123. The average molecular weight is 319 g/mol. The van der Waals surface area contributed by atoms with E-state index in [0.717, 1.165) is 0 Å². The predicted octanol–water partition coefficient (Wildman–Crippen LogP) is 3.09. The Morgan fingerprint density at radius 3 is 2.36 bits per heavy atom. The minimum atomic E-state index is -3.74. The van der Waals surface area contributed by atoms with Crippen LogP contribution >= 0.6 is 0 Å². The van der Waals surface area contributed by atoms with E-state index in [-0.39, 0.29) is 16.7 Å². The number of nitrogens with one attached hydrogen (secondary N) is 1. The molecule has 0 aliphatic carbocycles. The number of hydrogen-bond donors (Lipinski definition) is 1. The van der Waals surface area contributed by atoms with E-state index in [4.69, 9.17) is 4.74 Å². The fraction of sp³-hybridized carbons (Fsp3) is 0.188. The van der Waals surface area contributed by atoms with Crippen molar-refractivity contribution in [2.24, 2.45) is 0 Å². The van der Waals surface area contributed by atoms with Crippen LogP contribution in [0.4, 0.5) is 5.69 Å². The third-order valence-corrected chi connectivity index (χ3v) is 4.18. The third kappa shape index (κ3) is 3.85. The van der Waals surface area contributed by atoms with Crippen LogP contribution in [0.5, 0.6) is 5.75 Å². The van der Waals surface area contributed by atoms with E-state index < -0.39 is 10.0 Å². The van der Waals surface area contributed by atoms with Crippen LogP contribution in [-0.2, 0) is 10.0 Å². The van der Waals surface area contributed by atoms with Gasteiger partial charge >= 0.3 is 0 Å². The fourth-order valence-electron chi connectivity index (χ4n) is 1.86. The summed E-state index contributed by atoms with van der Waals surface area (Å²) in [5, 5.41) is 0. The first-order valence-electron chi connectivity index (χ1n) is 6.76. The van der Waals surface area contributed by atoms with Crippen molar-refractivity contribution in [3.8, 4) is 5.75 Å². The summed E-state index contributed by atoms with van der Waals surface area (Å²) in [4.78, 5) is 11.1. The molecule has 0 aliphatic rings. The van der Waals surface area contributed by atoms with E-state index in [1.807, 2.05) is 13.8 Å². The molecule has 116 valence electrons. The van der Waals surface area contributed by atoms with Crippen molar-refractivity contribution in [3.05, 3.63) is 54.1 Å². The van der Waals surface area contributed by atoms with Gasteiger partial charge in [0.1, 0.15) is 12.0 Å². The van der Waals surface area contributed by atoms with Crippen molar-refractivity contribution < 1.29 is 17.9 Å². The summed E-state index contributed by atoms with van der Waals surface area (Å²) in [5.41, 5.74) is 0.601. The minimum Gasteiger partial charge on any atom is -0.489 e. The summed E-state index contributed by atoms with van der Waals surface area (Å²) in [7, 11) is -3.74. The SMILES string of the molecule is CC(C)Oc1ccc(C=O)cc1NS(=O)(=O)c1ccccc1. The number of rotatable bonds is 6. The van der Waals surface area contributed by atoms with Gasteiger partial charge in [0, 0.05) is 5.56 Å². The van der Waals surface area contributed by atoms with Gasteiger partial charge < -0.3 is 4.74 Å². The summed E-state index contributed by atoms with van der Waals surface area (Å²) >= 11 is 0. The van der Waals surface area contributed by atoms with Crippen LogP contribution < -0.4 is 9.46 Å². The molecule has 0 amide bonds. The van der Waals surface area contributed by atoms with Gasteiger partial charge in [0.05, 0.1) is 16.7 Å². The maximum atomic E-state index is 12.4. The van der Waals surface area contributed by atoms with Gasteiger partial charge in [-0.3, -0.25) is 9.52 Å². The molecule has 0 heterocycles. The fourth-order valence-corrected chi connectivity index (χ4v) is 2.94. The van der Waals surface area contributed by atoms with Gasteiger partial charge in [-0.1, -0.05) is 18.2 Å². The number of ether oxygens (including phenoxy) is 1. The Morgan fingerprint density at radius 2 is 1.77 bits per heavy atom. The highest BCUT2D eigenvalue weighted by Crippen LogP contribution is 2.28. The van der Waals surface area contributed by atoms with Crippen molar-refractivity contribution in [2.45, 2.75) is 24.8 Å². The lowest BCUT2D eigenvalue weighted by Crippen LogP contribution is -2.15. The summed E-state index contributed by atoms with van der Waals surface area (Å²) < 4.78 is 32.8. The van der Waals surface area contributed by atoms with Crippen molar-refractivity contribution in [3.63, 3.8) is 0 Å². The molecule has 6 heteroatoms. The molecule has 0 atom stereocenters. The van der Waals surface area contributed by atoms with Gasteiger partial charge in [-0.2, -0.15) is 0 Å². The normalized spacial score (nSPS) is 11.2. The number of benzene rings is 2. The summed E-state index contributed by atoms with van der Waals surface area (Å²) in [6, 6.07) is 12.6. The molecule has 22 heavy (non-hydrogen) atoms. The second kappa shape index (κ2) is 6.62. The lowest BCUT2D eigenvalue weighted by molar-refractivity contribution is 0.112. The predicted molar refractivity (Wildman–Crippen MR) is 84.8 cm³/mol. The smallest absolute Gasteiger partial charge is 0.262 e. The van der Waals surface area contributed by atoms with E-state index in [2.05, 4.69) is 4.72 Å².